The molecule has 0 fully saturated rings. The molecule has 10 heteroatoms. The Kier molecular flexibility index (Phi) is 7.66. The number of rotatable bonds is 7. The van der Waals surface area contributed by atoms with Gasteiger partial charge in [-0.15, -0.1) is 0 Å². The maximum absolute atomic E-state index is 12.9. The minimum absolute atomic E-state index is 0.0875. The number of benzene rings is 3. The number of para-hydroxylation sites is 1. The van der Waals surface area contributed by atoms with Gasteiger partial charge in [0.25, 0.3) is 0 Å². The van der Waals surface area contributed by atoms with Crippen LogP contribution in [0.15, 0.2) is 48.5 Å². The average molecular weight is 688 g/mol. The number of hydrogen-bond acceptors (Lipinski definition) is 8. The summed E-state index contributed by atoms with van der Waals surface area (Å²) in [6.07, 6.45) is 0. The zero-order valence-electron chi connectivity index (χ0n) is 18.1. The number of carbonyl (C=O) groups is 2. The van der Waals surface area contributed by atoms with Crippen LogP contribution in [0.25, 0.3) is 0 Å². The van der Waals surface area contributed by atoms with Gasteiger partial charge in [-0.3, -0.25) is 0 Å². The summed E-state index contributed by atoms with van der Waals surface area (Å²) in [5, 5.41) is 0. The fraction of sp³-hybridized carbons (Fsp3) is 0.167. The van der Waals surface area contributed by atoms with E-state index in [1.807, 2.05) is 45.2 Å². The summed E-state index contributed by atoms with van der Waals surface area (Å²) < 4.78 is 33.7. The highest BCUT2D eigenvalue weighted by Gasteiger charge is 2.24. The van der Waals surface area contributed by atoms with Crippen molar-refractivity contribution in [2.45, 2.75) is 6.61 Å². The maximum atomic E-state index is 12.9. The van der Waals surface area contributed by atoms with Gasteiger partial charge >= 0.3 is 11.9 Å². The summed E-state index contributed by atoms with van der Waals surface area (Å²) in [7, 11) is 3.01. The molecule has 8 nitrogen and oxygen atoms in total. The van der Waals surface area contributed by atoms with Gasteiger partial charge in [-0.2, -0.15) is 0 Å². The zero-order chi connectivity index (χ0) is 24.2. The van der Waals surface area contributed by atoms with Gasteiger partial charge < -0.3 is 28.4 Å². The fourth-order valence-corrected chi connectivity index (χ4v) is 4.69. The van der Waals surface area contributed by atoms with Crippen molar-refractivity contribution < 1.29 is 38.0 Å². The van der Waals surface area contributed by atoms with Crippen molar-refractivity contribution in [2.75, 3.05) is 21.0 Å². The highest BCUT2D eigenvalue weighted by Crippen LogP contribution is 2.38. The van der Waals surface area contributed by atoms with Crippen LogP contribution < -0.4 is 23.7 Å². The van der Waals surface area contributed by atoms with Crippen LogP contribution in [0.2, 0.25) is 0 Å². The van der Waals surface area contributed by atoms with Gasteiger partial charge in [0.15, 0.2) is 23.0 Å². The second-order valence-electron chi connectivity index (χ2n) is 6.92. The molecule has 0 aliphatic carbocycles. The van der Waals surface area contributed by atoms with Gasteiger partial charge in [-0.05, 0) is 75.5 Å². The summed E-state index contributed by atoms with van der Waals surface area (Å²) in [6, 6.07) is 13.4. The number of carbonyl (C=O) groups excluding carboxylic acids is 2. The van der Waals surface area contributed by atoms with Crippen LogP contribution >= 0.6 is 45.2 Å². The monoisotopic (exact) mass is 688 g/mol. The molecule has 0 saturated heterocycles. The summed E-state index contributed by atoms with van der Waals surface area (Å²) in [4.78, 5) is 25.6. The second kappa shape index (κ2) is 10.7. The topological polar surface area (TPSA) is 89.5 Å². The van der Waals surface area contributed by atoms with E-state index in [0.717, 1.165) is 0 Å². The molecule has 0 N–H and O–H groups in total. The normalized spacial score (nSPS) is 11.6. The highest BCUT2D eigenvalue weighted by molar-refractivity contribution is 14.1. The Morgan fingerprint density at radius 3 is 2.38 bits per heavy atom. The van der Waals surface area contributed by atoms with Gasteiger partial charge in [0, 0.05) is 9.13 Å². The van der Waals surface area contributed by atoms with Crippen LogP contribution in [-0.4, -0.2) is 33.0 Å². The van der Waals surface area contributed by atoms with Crippen molar-refractivity contribution >= 4 is 57.1 Å². The molecule has 0 atom stereocenters. The molecule has 34 heavy (non-hydrogen) atoms. The molecule has 0 unspecified atom stereocenters. The molecule has 0 amide bonds. The predicted octanol–water partition coefficient (Wildman–Crippen LogP) is 5.22. The fourth-order valence-electron chi connectivity index (χ4n) is 3.21. The predicted molar refractivity (Wildman–Crippen MR) is 138 cm³/mol. The average Bonchev–Trinajstić information content (AvgIpc) is 3.33. The van der Waals surface area contributed by atoms with Crippen molar-refractivity contribution in [3.05, 3.63) is 72.4 Å². The summed E-state index contributed by atoms with van der Waals surface area (Å²) in [6.45, 7) is 0.0252. The number of fused-ring (bicyclic) bond motifs is 1. The van der Waals surface area contributed by atoms with E-state index in [2.05, 4.69) is 0 Å². The van der Waals surface area contributed by atoms with Crippen molar-refractivity contribution in [1.82, 2.24) is 0 Å². The number of ether oxygens (including phenoxy) is 6. The molecule has 0 radical (unpaired) electrons. The van der Waals surface area contributed by atoms with E-state index in [1.54, 1.807) is 48.5 Å². The number of hydrogen-bond donors (Lipinski definition) is 0. The first-order valence-electron chi connectivity index (χ1n) is 9.89. The van der Waals surface area contributed by atoms with Gasteiger partial charge in [0.2, 0.25) is 6.79 Å². The molecular weight excluding hydrogens is 670 g/mol. The molecule has 3 aromatic rings. The lowest BCUT2D eigenvalue weighted by Crippen LogP contribution is -2.13. The summed E-state index contributed by atoms with van der Waals surface area (Å²) >= 11 is 4.05. The molecule has 0 saturated carbocycles. The summed E-state index contributed by atoms with van der Waals surface area (Å²) in [5.74, 6) is 1.21. The Bertz CT molecular complexity index is 1260. The van der Waals surface area contributed by atoms with Gasteiger partial charge in [0.1, 0.15) is 12.4 Å². The van der Waals surface area contributed by atoms with Crippen molar-refractivity contribution in [1.29, 1.82) is 0 Å². The third-order valence-corrected chi connectivity index (χ3v) is 6.89. The Hall–Kier alpha value is -2.74. The van der Waals surface area contributed by atoms with Gasteiger partial charge in [-0.25, -0.2) is 9.59 Å². The largest absolute Gasteiger partial charge is 0.493 e. The van der Waals surface area contributed by atoms with Crippen LogP contribution in [-0.2, 0) is 11.3 Å². The third kappa shape index (κ3) is 5.02. The molecule has 176 valence electrons. The lowest BCUT2D eigenvalue weighted by molar-refractivity contribution is 0.0467. The molecule has 1 aliphatic rings. The Labute approximate surface area is 222 Å². The highest BCUT2D eigenvalue weighted by atomic mass is 127. The van der Waals surface area contributed by atoms with E-state index in [0.29, 0.717) is 46.8 Å². The lowest BCUT2D eigenvalue weighted by atomic mass is 10.2. The third-order valence-electron chi connectivity index (χ3n) is 4.93. The SMILES string of the molecule is COc1cc(I)c(C(=O)Oc2ccccc2COC(=O)c2ccc3c(c2I)OCO3)cc1OC. The van der Waals surface area contributed by atoms with Crippen LogP contribution in [0, 0.1) is 7.14 Å². The van der Waals surface area contributed by atoms with E-state index in [4.69, 9.17) is 28.4 Å². The molecule has 0 bridgehead atoms. The van der Waals surface area contributed by atoms with Gasteiger partial charge in [-0.1, -0.05) is 18.2 Å². The van der Waals surface area contributed by atoms with Crippen LogP contribution in [0.1, 0.15) is 26.3 Å². The first-order valence-corrected chi connectivity index (χ1v) is 12.1. The van der Waals surface area contributed by atoms with Crippen molar-refractivity contribution in [3.63, 3.8) is 0 Å². The Morgan fingerprint density at radius 2 is 1.62 bits per heavy atom. The molecule has 1 heterocycles. The molecule has 3 aromatic carbocycles. The van der Waals surface area contributed by atoms with E-state index in [1.165, 1.54) is 14.2 Å². The number of halogens is 2. The van der Waals surface area contributed by atoms with E-state index in [-0.39, 0.29) is 19.1 Å². The lowest BCUT2D eigenvalue weighted by Gasteiger charge is -2.14. The van der Waals surface area contributed by atoms with Crippen LogP contribution in [0.4, 0.5) is 0 Å². The van der Waals surface area contributed by atoms with Gasteiger partial charge in [0.05, 0.1) is 28.9 Å². The Morgan fingerprint density at radius 1 is 0.882 bits per heavy atom. The molecule has 1 aliphatic heterocycles. The number of esters is 2. The van der Waals surface area contributed by atoms with E-state index in [9.17, 15) is 9.59 Å². The van der Waals surface area contributed by atoms with Crippen molar-refractivity contribution in [3.8, 4) is 28.7 Å². The first kappa shape index (κ1) is 24.4. The molecule has 4 rings (SSSR count). The molecule has 0 aromatic heterocycles. The standard InChI is InChI=1S/C24H18I2O8/c1-29-19-9-15(16(25)10-20(19)30-2)24(28)34-17-6-4-3-5-13(17)11-31-23(27)14-7-8-18-22(21(14)26)33-12-32-18/h3-10H,11-12H2,1-2H3. The number of methoxy groups -OCH3 is 2. The molecule has 0 spiro atoms. The smallest absolute Gasteiger partial charge is 0.344 e. The zero-order valence-corrected chi connectivity index (χ0v) is 22.4. The molecular formula is C24H18I2O8. The minimum Gasteiger partial charge on any atom is -0.493 e. The summed E-state index contributed by atoms with van der Waals surface area (Å²) in [5.41, 5.74) is 1.22. The van der Waals surface area contributed by atoms with Crippen LogP contribution in [0.3, 0.4) is 0 Å². The Balaban J connectivity index is 1.50. The minimum atomic E-state index is -0.575. The van der Waals surface area contributed by atoms with Crippen LogP contribution in [0.5, 0.6) is 28.7 Å². The van der Waals surface area contributed by atoms with Crippen molar-refractivity contribution in [2.24, 2.45) is 0 Å². The first-order chi connectivity index (χ1) is 16.4. The van der Waals surface area contributed by atoms with E-state index < -0.39 is 11.9 Å². The second-order valence-corrected chi connectivity index (χ2v) is 9.16. The maximum Gasteiger partial charge on any atom is 0.344 e. The van der Waals surface area contributed by atoms with E-state index >= 15 is 0 Å². The quantitative estimate of drug-likeness (QED) is 0.190.